The van der Waals surface area contributed by atoms with E-state index in [1.54, 1.807) is 0 Å². The molecule has 3 aromatic rings. The topological polar surface area (TPSA) is 59.1 Å². The van der Waals surface area contributed by atoms with Crippen molar-refractivity contribution in [2.75, 3.05) is 53.4 Å². The third kappa shape index (κ3) is 6.57. The molecule has 3 aliphatic heterocycles. The Bertz CT molecular complexity index is 1430. The van der Waals surface area contributed by atoms with Gasteiger partial charge in [0, 0.05) is 62.2 Å². The second-order valence-electron chi connectivity index (χ2n) is 12.8. The van der Waals surface area contributed by atoms with Crippen molar-refractivity contribution in [3.05, 3.63) is 106 Å². The molecule has 0 saturated carbocycles. The van der Waals surface area contributed by atoms with Crippen molar-refractivity contribution in [2.24, 2.45) is 0 Å². The van der Waals surface area contributed by atoms with E-state index in [1.165, 1.54) is 16.7 Å². The summed E-state index contributed by atoms with van der Waals surface area (Å²) < 4.78 is 0. The first-order chi connectivity index (χ1) is 21.3. The maximum absolute atomic E-state index is 14.1. The number of nitrogens with zero attached hydrogens (tertiary/aromatic N) is 4. The first kappa shape index (κ1) is 30.8. The van der Waals surface area contributed by atoms with Crippen LogP contribution in [-0.4, -0.2) is 90.8 Å². The number of piperazine rings is 1. The molecular weight excluding hydrogens is 570 g/mol. The lowest BCUT2D eigenvalue weighted by Gasteiger charge is -2.51. The molecule has 0 aliphatic carbocycles. The van der Waals surface area contributed by atoms with Crippen LogP contribution in [0.3, 0.4) is 0 Å². The zero-order valence-electron chi connectivity index (χ0n) is 25.9. The van der Waals surface area contributed by atoms with E-state index in [0.29, 0.717) is 31.0 Å². The van der Waals surface area contributed by atoms with E-state index < -0.39 is 6.04 Å². The molecule has 1 N–H and O–H groups in total. The Morgan fingerprint density at radius 1 is 0.864 bits per heavy atom. The number of halogens is 1. The molecule has 2 fully saturated rings. The van der Waals surface area contributed by atoms with Crippen LogP contribution in [0.5, 0.6) is 0 Å². The summed E-state index contributed by atoms with van der Waals surface area (Å²) >= 11 is 6.15. The summed E-state index contributed by atoms with van der Waals surface area (Å²) in [5.74, 6) is -0.107. The third-order valence-electron chi connectivity index (χ3n) is 10.1. The zero-order chi connectivity index (χ0) is 30.7. The van der Waals surface area contributed by atoms with Gasteiger partial charge in [-0.15, -0.1) is 0 Å². The molecule has 7 nitrogen and oxygen atoms in total. The molecule has 2 amide bonds. The Hall–Kier alpha value is -3.23. The fourth-order valence-corrected chi connectivity index (χ4v) is 7.60. The van der Waals surface area contributed by atoms with Crippen molar-refractivity contribution in [1.82, 2.24) is 24.9 Å². The predicted molar refractivity (Wildman–Crippen MR) is 175 cm³/mol. The molecule has 3 heterocycles. The molecule has 3 aliphatic rings. The van der Waals surface area contributed by atoms with Crippen LogP contribution in [0.4, 0.5) is 0 Å². The minimum Gasteiger partial charge on any atom is -0.344 e. The van der Waals surface area contributed by atoms with Crippen molar-refractivity contribution < 1.29 is 9.59 Å². The normalized spacial score (nSPS) is 21.5. The van der Waals surface area contributed by atoms with Gasteiger partial charge in [-0.3, -0.25) is 19.4 Å². The lowest BCUT2D eigenvalue weighted by atomic mass is 9.79. The van der Waals surface area contributed by atoms with Gasteiger partial charge >= 0.3 is 0 Å². The van der Waals surface area contributed by atoms with Crippen molar-refractivity contribution in [3.8, 4) is 0 Å². The summed E-state index contributed by atoms with van der Waals surface area (Å²) in [6.45, 7) is 5.87. The molecule has 8 heteroatoms. The largest absolute Gasteiger partial charge is 0.344 e. The summed E-state index contributed by atoms with van der Waals surface area (Å²) in [4.78, 5) is 36.9. The summed E-state index contributed by atoms with van der Waals surface area (Å²) in [5.41, 5.74) is 4.80. The number of likely N-dealkylation sites (tertiary alicyclic amines) is 1. The van der Waals surface area contributed by atoms with Crippen LogP contribution < -0.4 is 5.32 Å². The molecule has 6 rings (SSSR count). The van der Waals surface area contributed by atoms with Gasteiger partial charge in [-0.2, -0.15) is 0 Å². The SMILES string of the molecule is CN1CCC(c2ccccc2)(N2CCN(C(=O)[C@@H](Cc3ccc(Cl)cc3)NC(=O)CC3c4ccccc4CN3C)CC2)CC1. The highest BCUT2D eigenvalue weighted by Gasteiger charge is 2.43. The summed E-state index contributed by atoms with van der Waals surface area (Å²) in [6.07, 6.45) is 2.91. The molecule has 1 unspecified atom stereocenters. The van der Waals surface area contributed by atoms with Gasteiger partial charge in [-0.1, -0.05) is 78.3 Å². The van der Waals surface area contributed by atoms with Crippen LogP contribution >= 0.6 is 11.6 Å². The summed E-state index contributed by atoms with van der Waals surface area (Å²) in [6, 6.07) is 26.1. The number of fused-ring (bicyclic) bond motifs is 1. The predicted octanol–water partition coefficient (Wildman–Crippen LogP) is 4.71. The smallest absolute Gasteiger partial charge is 0.245 e. The third-order valence-corrected chi connectivity index (χ3v) is 10.3. The van der Waals surface area contributed by atoms with Gasteiger partial charge in [0.2, 0.25) is 11.8 Å². The van der Waals surface area contributed by atoms with E-state index in [2.05, 4.69) is 76.6 Å². The summed E-state index contributed by atoms with van der Waals surface area (Å²) in [7, 11) is 4.25. The molecule has 0 radical (unpaired) electrons. The molecule has 44 heavy (non-hydrogen) atoms. The lowest BCUT2D eigenvalue weighted by molar-refractivity contribution is -0.139. The van der Waals surface area contributed by atoms with E-state index in [9.17, 15) is 9.59 Å². The monoisotopic (exact) mass is 613 g/mol. The van der Waals surface area contributed by atoms with Crippen LogP contribution in [0.15, 0.2) is 78.9 Å². The van der Waals surface area contributed by atoms with Gasteiger partial charge in [-0.05, 0) is 74.4 Å². The fraction of sp³-hybridized carbons (Fsp3) is 0.444. The van der Waals surface area contributed by atoms with E-state index in [0.717, 1.165) is 51.1 Å². The first-order valence-corrected chi connectivity index (χ1v) is 16.3. The Kier molecular flexibility index (Phi) is 9.38. The summed E-state index contributed by atoms with van der Waals surface area (Å²) in [5, 5.41) is 3.81. The first-order valence-electron chi connectivity index (χ1n) is 15.9. The van der Waals surface area contributed by atoms with Gasteiger partial charge in [0.15, 0.2) is 0 Å². The average molecular weight is 614 g/mol. The molecule has 232 valence electrons. The number of nitrogens with one attached hydrogen (secondary N) is 1. The van der Waals surface area contributed by atoms with E-state index in [-0.39, 0.29) is 23.4 Å². The molecule has 0 spiro atoms. The van der Waals surface area contributed by atoms with Gasteiger partial charge < -0.3 is 15.1 Å². The molecule has 2 saturated heterocycles. The Labute approximate surface area is 266 Å². The number of hydrogen-bond acceptors (Lipinski definition) is 5. The second-order valence-corrected chi connectivity index (χ2v) is 13.2. The van der Waals surface area contributed by atoms with Crippen LogP contribution in [0.1, 0.15) is 47.6 Å². The standard InChI is InChI=1S/C36H44ClN5O2/c1-39-18-16-36(17-19-39,29-9-4-3-5-10-29)42-22-20-41(21-23-42)35(44)32(24-27-12-14-30(37)15-13-27)38-34(43)25-33-31-11-7-6-8-28(31)26-40(33)2/h3-15,32-33H,16-26H2,1-2H3,(H,38,43)/t32-,33?/m1/s1. The number of amides is 2. The van der Waals surface area contributed by atoms with Crippen LogP contribution in [0.2, 0.25) is 5.02 Å². The minimum atomic E-state index is -0.636. The van der Waals surface area contributed by atoms with Gasteiger partial charge in [0.05, 0.1) is 0 Å². The number of rotatable bonds is 8. The molecule has 3 aromatic carbocycles. The number of piperidine rings is 1. The van der Waals surface area contributed by atoms with Crippen molar-refractivity contribution in [2.45, 2.75) is 49.9 Å². The lowest BCUT2D eigenvalue weighted by Crippen LogP contribution is -2.61. The Balaban J connectivity index is 1.16. The maximum atomic E-state index is 14.1. The minimum absolute atomic E-state index is 0.00439. The number of hydrogen-bond donors (Lipinski definition) is 1. The maximum Gasteiger partial charge on any atom is 0.245 e. The van der Waals surface area contributed by atoms with Crippen LogP contribution in [-0.2, 0) is 28.1 Å². The van der Waals surface area contributed by atoms with Crippen molar-refractivity contribution >= 4 is 23.4 Å². The number of carbonyl (C=O) groups excluding carboxylic acids is 2. The fourth-order valence-electron chi connectivity index (χ4n) is 7.47. The number of benzene rings is 3. The van der Waals surface area contributed by atoms with Crippen molar-refractivity contribution in [1.29, 1.82) is 0 Å². The quantitative estimate of drug-likeness (QED) is 0.399. The van der Waals surface area contributed by atoms with E-state index in [4.69, 9.17) is 11.6 Å². The van der Waals surface area contributed by atoms with E-state index >= 15 is 0 Å². The Morgan fingerprint density at radius 3 is 2.23 bits per heavy atom. The van der Waals surface area contributed by atoms with Crippen LogP contribution in [0.25, 0.3) is 0 Å². The molecular formula is C36H44ClN5O2. The van der Waals surface area contributed by atoms with Crippen molar-refractivity contribution in [3.63, 3.8) is 0 Å². The van der Waals surface area contributed by atoms with E-state index in [1.807, 2.05) is 41.3 Å². The highest BCUT2D eigenvalue weighted by atomic mass is 35.5. The zero-order valence-corrected chi connectivity index (χ0v) is 26.7. The Morgan fingerprint density at radius 2 is 1.52 bits per heavy atom. The van der Waals surface area contributed by atoms with Gasteiger partial charge in [0.25, 0.3) is 0 Å². The molecule has 0 bridgehead atoms. The molecule has 2 atom stereocenters. The second kappa shape index (κ2) is 13.4. The van der Waals surface area contributed by atoms with Crippen LogP contribution in [0, 0.1) is 0 Å². The number of carbonyl (C=O) groups is 2. The molecule has 0 aromatic heterocycles. The average Bonchev–Trinajstić information content (AvgIpc) is 3.36. The van der Waals surface area contributed by atoms with Gasteiger partial charge in [0.1, 0.15) is 6.04 Å². The van der Waals surface area contributed by atoms with Gasteiger partial charge in [-0.25, -0.2) is 0 Å². The highest BCUT2D eigenvalue weighted by Crippen LogP contribution is 2.39. The highest BCUT2D eigenvalue weighted by molar-refractivity contribution is 6.30.